The fourth-order valence-electron chi connectivity index (χ4n) is 1.66. The molecule has 2 aromatic rings. The molecule has 0 spiro atoms. The molecule has 2 aromatic carbocycles. The summed E-state index contributed by atoms with van der Waals surface area (Å²) in [6, 6.07) is 14.5. The first kappa shape index (κ1) is 14.5. The molecule has 0 saturated carbocycles. The molecule has 0 aliphatic heterocycles. The Morgan fingerprint density at radius 2 is 1.60 bits per heavy atom. The molecule has 0 fully saturated rings. The second kappa shape index (κ2) is 6.51. The Kier molecular flexibility index (Phi) is 4.73. The first-order valence-corrected chi connectivity index (χ1v) is 7.07. The van der Waals surface area contributed by atoms with Crippen LogP contribution in [0.3, 0.4) is 0 Å². The van der Waals surface area contributed by atoms with Gasteiger partial charge in [-0.2, -0.15) is 0 Å². The fourth-order valence-corrected chi connectivity index (χ4v) is 2.30. The lowest BCUT2D eigenvalue weighted by Crippen LogP contribution is -2.29. The highest BCUT2D eigenvalue weighted by molar-refractivity contribution is 14.1. The van der Waals surface area contributed by atoms with Crippen molar-refractivity contribution < 1.29 is 9.59 Å². The number of anilines is 2. The fraction of sp³-hybridized carbons (Fsp3) is 0.0667. The van der Waals surface area contributed by atoms with E-state index in [1.54, 1.807) is 30.3 Å². The molecule has 0 aliphatic rings. The Bertz CT molecular complexity index is 642. The molecule has 0 heterocycles. The summed E-state index contributed by atoms with van der Waals surface area (Å²) in [5.41, 5.74) is 2.14. The standard InChI is InChI=1S/C15H13IN2O2/c1-10-9-11(16)7-8-13(10)18-15(20)14(19)17-12-5-3-2-4-6-12/h2-9H,1H3,(H,17,19)(H,18,20). The van der Waals surface area contributed by atoms with Gasteiger partial charge in [-0.1, -0.05) is 18.2 Å². The van der Waals surface area contributed by atoms with Crippen LogP contribution in [0.1, 0.15) is 5.56 Å². The number of nitrogens with one attached hydrogen (secondary N) is 2. The third-order valence-electron chi connectivity index (χ3n) is 2.67. The molecule has 5 heteroatoms. The smallest absolute Gasteiger partial charge is 0.314 e. The van der Waals surface area contributed by atoms with Gasteiger partial charge in [0.15, 0.2) is 0 Å². The van der Waals surface area contributed by atoms with Crippen LogP contribution in [0.5, 0.6) is 0 Å². The summed E-state index contributed by atoms with van der Waals surface area (Å²) < 4.78 is 1.08. The molecule has 4 nitrogen and oxygen atoms in total. The minimum absolute atomic E-state index is 0.590. The lowest BCUT2D eigenvalue weighted by Gasteiger charge is -2.09. The summed E-state index contributed by atoms with van der Waals surface area (Å²) in [5.74, 6) is -1.37. The van der Waals surface area contributed by atoms with Crippen molar-refractivity contribution in [3.05, 3.63) is 57.7 Å². The number of rotatable bonds is 2. The van der Waals surface area contributed by atoms with Gasteiger partial charge >= 0.3 is 11.8 Å². The van der Waals surface area contributed by atoms with Crippen molar-refractivity contribution in [2.45, 2.75) is 6.92 Å². The maximum absolute atomic E-state index is 11.8. The molecule has 0 unspecified atom stereocenters. The van der Waals surface area contributed by atoms with Gasteiger partial charge in [-0.25, -0.2) is 0 Å². The number of hydrogen-bond acceptors (Lipinski definition) is 2. The molecule has 0 atom stereocenters. The summed E-state index contributed by atoms with van der Waals surface area (Å²) in [6.45, 7) is 1.88. The van der Waals surface area contributed by atoms with Gasteiger partial charge in [0.25, 0.3) is 0 Å². The Balaban J connectivity index is 2.03. The quantitative estimate of drug-likeness (QED) is 0.621. The van der Waals surface area contributed by atoms with Crippen molar-refractivity contribution in [3.8, 4) is 0 Å². The average Bonchev–Trinajstić information content (AvgIpc) is 2.43. The van der Waals surface area contributed by atoms with Crippen molar-refractivity contribution in [1.29, 1.82) is 0 Å². The first-order valence-electron chi connectivity index (χ1n) is 6.00. The topological polar surface area (TPSA) is 58.2 Å². The summed E-state index contributed by atoms with van der Waals surface area (Å²) in [7, 11) is 0. The zero-order chi connectivity index (χ0) is 14.5. The minimum atomic E-state index is -0.686. The summed E-state index contributed by atoms with van der Waals surface area (Å²) in [6.07, 6.45) is 0. The van der Waals surface area contributed by atoms with Crippen LogP contribution in [0.15, 0.2) is 48.5 Å². The van der Waals surface area contributed by atoms with Crippen molar-refractivity contribution in [2.75, 3.05) is 10.6 Å². The summed E-state index contributed by atoms with van der Waals surface area (Å²) >= 11 is 2.19. The predicted octanol–water partition coefficient (Wildman–Crippen LogP) is 3.18. The minimum Gasteiger partial charge on any atom is -0.318 e. The lowest BCUT2D eigenvalue weighted by atomic mass is 10.2. The van der Waals surface area contributed by atoms with Gasteiger partial charge < -0.3 is 10.6 Å². The molecule has 2 rings (SSSR count). The molecular weight excluding hydrogens is 367 g/mol. The van der Waals surface area contributed by atoms with Crippen molar-refractivity contribution in [3.63, 3.8) is 0 Å². The Morgan fingerprint density at radius 1 is 0.950 bits per heavy atom. The van der Waals surface area contributed by atoms with Crippen LogP contribution in [-0.4, -0.2) is 11.8 Å². The first-order chi connectivity index (χ1) is 9.56. The van der Waals surface area contributed by atoms with E-state index in [-0.39, 0.29) is 0 Å². The monoisotopic (exact) mass is 380 g/mol. The predicted molar refractivity (Wildman–Crippen MR) is 87.6 cm³/mol. The second-order valence-corrected chi connectivity index (χ2v) is 5.48. The molecule has 0 saturated heterocycles. The maximum Gasteiger partial charge on any atom is 0.314 e. The van der Waals surface area contributed by atoms with E-state index >= 15 is 0 Å². The number of amides is 2. The molecule has 0 aliphatic carbocycles. The average molecular weight is 380 g/mol. The van der Waals surface area contributed by atoms with Gasteiger partial charge in [-0.15, -0.1) is 0 Å². The third-order valence-corrected chi connectivity index (χ3v) is 3.35. The molecule has 2 N–H and O–H groups in total. The Labute approximate surface area is 130 Å². The largest absolute Gasteiger partial charge is 0.318 e. The van der Waals surface area contributed by atoms with E-state index in [4.69, 9.17) is 0 Å². The van der Waals surface area contributed by atoms with Crippen LogP contribution in [0.25, 0.3) is 0 Å². The zero-order valence-corrected chi connectivity index (χ0v) is 13.0. The van der Waals surface area contributed by atoms with Crippen LogP contribution in [-0.2, 0) is 9.59 Å². The highest BCUT2D eigenvalue weighted by Crippen LogP contribution is 2.17. The number of hydrogen-bond donors (Lipinski definition) is 2. The van der Waals surface area contributed by atoms with E-state index in [0.29, 0.717) is 11.4 Å². The van der Waals surface area contributed by atoms with Crippen molar-refractivity contribution in [2.24, 2.45) is 0 Å². The summed E-state index contributed by atoms with van der Waals surface area (Å²) in [5, 5.41) is 5.14. The van der Waals surface area contributed by atoms with Crippen molar-refractivity contribution >= 4 is 45.8 Å². The summed E-state index contributed by atoms with van der Waals surface area (Å²) in [4.78, 5) is 23.6. The lowest BCUT2D eigenvalue weighted by molar-refractivity contribution is -0.133. The van der Waals surface area contributed by atoms with E-state index in [2.05, 4.69) is 33.2 Å². The highest BCUT2D eigenvalue weighted by Gasteiger charge is 2.14. The van der Waals surface area contributed by atoms with Crippen LogP contribution in [0.2, 0.25) is 0 Å². The van der Waals surface area contributed by atoms with Gasteiger partial charge in [-0.05, 0) is 65.4 Å². The number of para-hydroxylation sites is 1. The third kappa shape index (κ3) is 3.80. The number of carbonyl (C=O) groups is 2. The van der Waals surface area contributed by atoms with Gasteiger partial charge in [0.2, 0.25) is 0 Å². The van der Waals surface area contributed by atoms with Gasteiger partial charge in [0, 0.05) is 14.9 Å². The molecule has 0 aromatic heterocycles. The number of carbonyl (C=O) groups excluding carboxylic acids is 2. The normalized spacial score (nSPS) is 9.90. The molecule has 0 bridgehead atoms. The van der Waals surface area contributed by atoms with Crippen molar-refractivity contribution in [1.82, 2.24) is 0 Å². The van der Waals surface area contributed by atoms with Gasteiger partial charge in [0.1, 0.15) is 0 Å². The highest BCUT2D eigenvalue weighted by atomic mass is 127. The molecule has 20 heavy (non-hydrogen) atoms. The maximum atomic E-state index is 11.8. The number of aryl methyl sites for hydroxylation is 1. The molecule has 2 amide bonds. The van der Waals surface area contributed by atoms with E-state index in [1.807, 2.05) is 25.1 Å². The SMILES string of the molecule is Cc1cc(I)ccc1NC(=O)C(=O)Nc1ccccc1. The Hall–Kier alpha value is -1.89. The van der Waals surface area contributed by atoms with E-state index < -0.39 is 11.8 Å². The van der Waals surface area contributed by atoms with Crippen LogP contribution in [0.4, 0.5) is 11.4 Å². The van der Waals surface area contributed by atoms with Crippen LogP contribution >= 0.6 is 22.6 Å². The van der Waals surface area contributed by atoms with Gasteiger partial charge in [-0.3, -0.25) is 9.59 Å². The molecule has 102 valence electrons. The Morgan fingerprint density at radius 3 is 2.25 bits per heavy atom. The van der Waals surface area contributed by atoms with E-state index in [0.717, 1.165) is 9.13 Å². The number of halogens is 1. The second-order valence-electron chi connectivity index (χ2n) is 4.23. The van der Waals surface area contributed by atoms with Crippen LogP contribution < -0.4 is 10.6 Å². The number of benzene rings is 2. The molecule has 0 radical (unpaired) electrons. The van der Waals surface area contributed by atoms with Gasteiger partial charge in [0.05, 0.1) is 0 Å². The van der Waals surface area contributed by atoms with E-state index in [9.17, 15) is 9.59 Å². The van der Waals surface area contributed by atoms with E-state index in [1.165, 1.54) is 0 Å². The molecular formula is C15H13IN2O2. The zero-order valence-electron chi connectivity index (χ0n) is 10.8. The van der Waals surface area contributed by atoms with Crippen LogP contribution in [0, 0.1) is 10.5 Å².